The number of non-ortho nitro benzene ring substituents is 1. The van der Waals surface area contributed by atoms with Gasteiger partial charge in [-0.05, 0) is 23.8 Å². The van der Waals surface area contributed by atoms with Crippen LogP contribution in [0.15, 0.2) is 42.5 Å². The van der Waals surface area contributed by atoms with E-state index in [-0.39, 0.29) is 27.7 Å². The molecule has 1 atom stereocenters. The number of nitrogens with one attached hydrogen (secondary N) is 1. The van der Waals surface area contributed by atoms with Gasteiger partial charge in [0.05, 0.1) is 4.92 Å². The molecule has 130 valence electrons. The second kappa shape index (κ2) is 7.96. The molecule has 0 fully saturated rings. The maximum atomic E-state index is 12.2. The molecular weight excluding hydrogens is 371 g/mol. The van der Waals surface area contributed by atoms with Crippen LogP contribution in [0.3, 0.4) is 0 Å². The molecule has 0 aliphatic rings. The van der Waals surface area contributed by atoms with Gasteiger partial charge < -0.3 is 10.4 Å². The summed E-state index contributed by atoms with van der Waals surface area (Å²) >= 11 is 12.0. The number of carboxylic acids is 1. The topological polar surface area (TPSA) is 110 Å². The highest BCUT2D eigenvalue weighted by atomic mass is 35.5. The lowest BCUT2D eigenvalue weighted by Gasteiger charge is -2.16. The van der Waals surface area contributed by atoms with E-state index in [1.165, 1.54) is 18.2 Å². The molecule has 2 rings (SSSR count). The summed E-state index contributed by atoms with van der Waals surface area (Å²) in [5.41, 5.74) is 0.0944. The second-order valence-corrected chi connectivity index (χ2v) is 5.89. The van der Waals surface area contributed by atoms with Crippen LogP contribution in [-0.4, -0.2) is 27.9 Å². The lowest BCUT2D eigenvalue weighted by Crippen LogP contribution is -2.42. The maximum absolute atomic E-state index is 12.2. The van der Waals surface area contributed by atoms with Gasteiger partial charge in [0.15, 0.2) is 0 Å². The molecule has 0 unspecified atom stereocenters. The van der Waals surface area contributed by atoms with Crippen molar-refractivity contribution in [1.29, 1.82) is 0 Å². The number of hydrogen-bond donors (Lipinski definition) is 2. The predicted octanol–water partition coefficient (Wildman–Crippen LogP) is 3.33. The highest BCUT2D eigenvalue weighted by Gasteiger charge is 2.24. The zero-order chi connectivity index (χ0) is 18.6. The second-order valence-electron chi connectivity index (χ2n) is 5.08. The Bertz CT molecular complexity index is 821. The number of nitro groups is 1. The molecule has 1 amide bonds. The number of halogens is 2. The van der Waals surface area contributed by atoms with Crippen LogP contribution in [0.25, 0.3) is 0 Å². The smallest absolute Gasteiger partial charge is 0.326 e. The minimum atomic E-state index is -1.30. The van der Waals surface area contributed by atoms with Crippen LogP contribution in [0.1, 0.15) is 15.9 Å². The quantitative estimate of drug-likeness (QED) is 0.587. The number of aliphatic carboxylic acids is 1. The first kappa shape index (κ1) is 18.7. The van der Waals surface area contributed by atoms with Gasteiger partial charge in [-0.2, -0.15) is 0 Å². The van der Waals surface area contributed by atoms with Crippen LogP contribution in [0.4, 0.5) is 5.69 Å². The van der Waals surface area contributed by atoms with E-state index in [2.05, 4.69) is 5.32 Å². The summed E-state index contributed by atoms with van der Waals surface area (Å²) in [6.07, 6.45) is -0.130. The number of amides is 1. The number of rotatable bonds is 6. The van der Waals surface area contributed by atoms with E-state index in [9.17, 15) is 24.8 Å². The van der Waals surface area contributed by atoms with E-state index in [4.69, 9.17) is 23.2 Å². The minimum Gasteiger partial charge on any atom is -0.480 e. The van der Waals surface area contributed by atoms with Gasteiger partial charge in [-0.25, -0.2) is 4.79 Å². The highest BCUT2D eigenvalue weighted by molar-refractivity contribution is 6.36. The van der Waals surface area contributed by atoms with Crippen molar-refractivity contribution in [3.63, 3.8) is 0 Å². The fourth-order valence-electron chi connectivity index (χ4n) is 2.13. The molecule has 2 aromatic rings. The largest absolute Gasteiger partial charge is 0.480 e. The summed E-state index contributed by atoms with van der Waals surface area (Å²) in [4.78, 5) is 33.8. The fraction of sp³-hybridized carbons (Fsp3) is 0.125. The van der Waals surface area contributed by atoms with Crippen LogP contribution in [0.5, 0.6) is 0 Å². The highest BCUT2D eigenvalue weighted by Crippen LogP contribution is 2.25. The maximum Gasteiger partial charge on any atom is 0.326 e. The SMILES string of the molecule is O=C(N[C@@H](Cc1c(Cl)cccc1Cl)C(=O)O)c1cccc([N+](=O)[O-])c1. The normalized spacial score (nSPS) is 11.6. The zero-order valence-corrected chi connectivity index (χ0v) is 14.1. The van der Waals surface area contributed by atoms with E-state index < -0.39 is 22.8 Å². The Morgan fingerprint density at radius 3 is 2.32 bits per heavy atom. The fourth-order valence-corrected chi connectivity index (χ4v) is 2.69. The van der Waals surface area contributed by atoms with Crippen LogP contribution < -0.4 is 5.32 Å². The molecule has 0 bridgehead atoms. The van der Waals surface area contributed by atoms with E-state index in [0.29, 0.717) is 5.56 Å². The van der Waals surface area contributed by atoms with Crippen molar-refractivity contribution in [2.45, 2.75) is 12.5 Å². The predicted molar refractivity (Wildman–Crippen MR) is 92.2 cm³/mol. The van der Waals surface area contributed by atoms with Crippen molar-refractivity contribution < 1.29 is 19.6 Å². The molecule has 0 spiro atoms. The molecule has 0 radical (unpaired) electrons. The molecule has 25 heavy (non-hydrogen) atoms. The number of carbonyl (C=O) groups excluding carboxylic acids is 1. The Hall–Kier alpha value is -2.64. The molecule has 0 aromatic heterocycles. The molecule has 7 nitrogen and oxygen atoms in total. The van der Waals surface area contributed by atoms with Gasteiger partial charge in [0.25, 0.3) is 11.6 Å². The third-order valence-electron chi connectivity index (χ3n) is 3.39. The third-order valence-corrected chi connectivity index (χ3v) is 4.10. The van der Waals surface area contributed by atoms with Crippen LogP contribution in [0, 0.1) is 10.1 Å². The number of benzene rings is 2. The Labute approximate surface area is 152 Å². The van der Waals surface area contributed by atoms with Crippen molar-refractivity contribution in [3.05, 3.63) is 73.8 Å². The average Bonchev–Trinajstić information content (AvgIpc) is 2.57. The summed E-state index contributed by atoms with van der Waals surface area (Å²) in [5.74, 6) is -2.03. The van der Waals surface area contributed by atoms with Crippen LogP contribution in [-0.2, 0) is 11.2 Å². The number of nitrogens with zero attached hydrogens (tertiary/aromatic N) is 1. The molecule has 0 aliphatic carbocycles. The molecule has 0 heterocycles. The summed E-state index contributed by atoms with van der Waals surface area (Å²) in [5, 5.41) is 23.0. The monoisotopic (exact) mass is 382 g/mol. The van der Waals surface area contributed by atoms with Crippen molar-refractivity contribution in [2.24, 2.45) is 0 Å². The van der Waals surface area contributed by atoms with E-state index >= 15 is 0 Å². The molecule has 0 saturated heterocycles. The average molecular weight is 383 g/mol. The van der Waals surface area contributed by atoms with E-state index in [1.54, 1.807) is 18.2 Å². The number of carboxylic acid groups (broad SMARTS) is 1. The molecule has 0 aliphatic heterocycles. The van der Waals surface area contributed by atoms with Gasteiger partial charge in [0.1, 0.15) is 6.04 Å². The molecule has 2 N–H and O–H groups in total. The summed E-state index contributed by atoms with van der Waals surface area (Å²) in [6.45, 7) is 0. The number of carbonyl (C=O) groups is 2. The van der Waals surface area contributed by atoms with Crippen LogP contribution >= 0.6 is 23.2 Å². The molecule has 0 saturated carbocycles. The van der Waals surface area contributed by atoms with Gasteiger partial charge in [-0.3, -0.25) is 14.9 Å². The van der Waals surface area contributed by atoms with Gasteiger partial charge in [-0.15, -0.1) is 0 Å². The van der Waals surface area contributed by atoms with Gasteiger partial charge in [-0.1, -0.05) is 35.3 Å². The Balaban J connectivity index is 2.22. The van der Waals surface area contributed by atoms with Crippen molar-refractivity contribution in [1.82, 2.24) is 5.32 Å². The summed E-state index contributed by atoms with van der Waals surface area (Å²) in [7, 11) is 0. The summed E-state index contributed by atoms with van der Waals surface area (Å²) in [6, 6.07) is 8.42. The Morgan fingerprint density at radius 1 is 1.16 bits per heavy atom. The van der Waals surface area contributed by atoms with Gasteiger partial charge in [0, 0.05) is 34.2 Å². The molecule has 9 heteroatoms. The van der Waals surface area contributed by atoms with Crippen molar-refractivity contribution in [3.8, 4) is 0 Å². The van der Waals surface area contributed by atoms with Crippen molar-refractivity contribution in [2.75, 3.05) is 0 Å². The zero-order valence-electron chi connectivity index (χ0n) is 12.6. The minimum absolute atomic E-state index is 0.0225. The van der Waals surface area contributed by atoms with Gasteiger partial charge >= 0.3 is 5.97 Å². The van der Waals surface area contributed by atoms with Gasteiger partial charge in [0.2, 0.25) is 0 Å². The third kappa shape index (κ3) is 4.68. The first-order valence-electron chi connectivity index (χ1n) is 7.00. The Kier molecular flexibility index (Phi) is 5.95. The van der Waals surface area contributed by atoms with E-state index in [1.807, 2.05) is 0 Å². The first-order valence-corrected chi connectivity index (χ1v) is 7.76. The lowest BCUT2D eigenvalue weighted by molar-refractivity contribution is -0.384. The van der Waals surface area contributed by atoms with Crippen molar-refractivity contribution >= 4 is 40.8 Å². The molecule has 2 aromatic carbocycles. The van der Waals surface area contributed by atoms with Crippen LogP contribution in [0.2, 0.25) is 10.0 Å². The number of nitro benzene ring substituents is 1. The Morgan fingerprint density at radius 2 is 1.76 bits per heavy atom. The summed E-state index contributed by atoms with van der Waals surface area (Å²) < 4.78 is 0. The first-order chi connectivity index (χ1) is 11.8. The standard InChI is InChI=1S/C16H12Cl2N2O5/c17-12-5-2-6-13(18)11(12)8-14(16(22)23)19-15(21)9-3-1-4-10(7-9)20(24)25/h1-7,14H,8H2,(H,19,21)(H,22,23)/t14-/m0/s1. The molecular formula is C16H12Cl2N2O5. The van der Waals surface area contributed by atoms with E-state index in [0.717, 1.165) is 6.07 Å². The number of hydrogen-bond acceptors (Lipinski definition) is 4. The lowest BCUT2D eigenvalue weighted by atomic mass is 10.0.